The van der Waals surface area contributed by atoms with Gasteiger partial charge >= 0.3 is 6.61 Å². The van der Waals surface area contributed by atoms with Crippen LogP contribution in [-0.4, -0.2) is 26.8 Å². The van der Waals surface area contributed by atoms with Crippen molar-refractivity contribution in [2.75, 3.05) is 5.73 Å². The van der Waals surface area contributed by atoms with E-state index >= 15 is 0 Å². The zero-order chi connectivity index (χ0) is 20.3. The van der Waals surface area contributed by atoms with Crippen molar-refractivity contribution >= 4 is 27.5 Å². The van der Waals surface area contributed by atoms with E-state index in [2.05, 4.69) is 20.2 Å². The fraction of sp³-hybridized carbons (Fsp3) is 0.211. The summed E-state index contributed by atoms with van der Waals surface area (Å²) in [5.74, 6) is -0.749. The number of nitrogens with two attached hydrogens (primary N) is 1. The summed E-state index contributed by atoms with van der Waals surface area (Å²) in [7, 11) is 0. The molecule has 3 heterocycles. The van der Waals surface area contributed by atoms with Crippen LogP contribution in [0.4, 0.5) is 18.9 Å². The number of aromatic nitrogens is 4. The predicted molar refractivity (Wildman–Crippen MR) is 100 cm³/mol. The average Bonchev–Trinajstić information content (AvgIpc) is 3.40. The number of hydrogen-bond donors (Lipinski definition) is 3. The third-order valence-corrected chi connectivity index (χ3v) is 5.05. The summed E-state index contributed by atoms with van der Waals surface area (Å²) in [5.41, 5.74) is 6.67. The molecule has 29 heavy (non-hydrogen) atoms. The van der Waals surface area contributed by atoms with Gasteiger partial charge in [-0.25, -0.2) is 9.37 Å². The molecule has 0 bridgehead atoms. The first-order chi connectivity index (χ1) is 13.9. The highest BCUT2D eigenvalue weighted by Crippen LogP contribution is 2.44. The van der Waals surface area contributed by atoms with Crippen LogP contribution in [-0.2, 0) is 0 Å². The summed E-state index contributed by atoms with van der Waals surface area (Å²) >= 11 is 0. The molecular formula is C19H14F3N5O2. The molecule has 10 heteroatoms. The number of pyridine rings is 2. The van der Waals surface area contributed by atoms with Crippen LogP contribution in [0.1, 0.15) is 24.5 Å². The number of fused-ring (bicyclic) bond motifs is 2. The molecule has 0 radical (unpaired) electrons. The first kappa shape index (κ1) is 17.5. The number of ether oxygens (including phenoxy) is 1. The monoisotopic (exact) mass is 401 g/mol. The molecule has 1 saturated carbocycles. The Balaban J connectivity index is 1.91. The highest BCUT2D eigenvalue weighted by atomic mass is 19.3. The van der Waals surface area contributed by atoms with Crippen molar-refractivity contribution in [2.45, 2.75) is 25.4 Å². The molecule has 0 spiro atoms. The number of H-pyrrole nitrogens is 2. The Morgan fingerprint density at radius 1 is 1.28 bits per heavy atom. The fourth-order valence-electron chi connectivity index (χ4n) is 3.58. The van der Waals surface area contributed by atoms with Crippen molar-refractivity contribution in [1.82, 2.24) is 20.2 Å². The maximum Gasteiger partial charge on any atom is 0.388 e. The van der Waals surface area contributed by atoms with Crippen LogP contribution in [0.15, 0.2) is 29.2 Å². The Hall–Kier alpha value is -3.56. The second-order valence-corrected chi connectivity index (χ2v) is 6.92. The van der Waals surface area contributed by atoms with Gasteiger partial charge in [-0.05, 0) is 30.5 Å². The molecule has 1 aliphatic rings. The van der Waals surface area contributed by atoms with E-state index in [9.17, 15) is 18.0 Å². The van der Waals surface area contributed by atoms with Crippen molar-refractivity contribution in [2.24, 2.45) is 0 Å². The standard InChI is InChI=1S/C19H14F3N5O2/c20-10-4-3-8(9-6-24-27-16(9)10)13-14-12(25-17(28)15(13)23)5-11(7-1-2-7)26-18(14)29-19(21)22/h3-7,19H,1-2,23H2,(H,24,27)(H,25,28). The number of anilines is 1. The van der Waals surface area contributed by atoms with Gasteiger partial charge in [-0.1, -0.05) is 6.07 Å². The van der Waals surface area contributed by atoms with Crippen molar-refractivity contribution < 1.29 is 17.9 Å². The molecule has 7 nitrogen and oxygen atoms in total. The molecule has 5 rings (SSSR count). The highest BCUT2D eigenvalue weighted by molar-refractivity contribution is 6.09. The zero-order valence-corrected chi connectivity index (χ0v) is 14.8. The number of halogens is 3. The molecule has 4 aromatic rings. The van der Waals surface area contributed by atoms with E-state index in [1.165, 1.54) is 18.3 Å². The smallest absolute Gasteiger partial charge is 0.388 e. The number of nitrogen functional groups attached to an aromatic ring is 1. The number of alkyl halides is 2. The molecule has 148 valence electrons. The van der Waals surface area contributed by atoms with Gasteiger partial charge < -0.3 is 15.5 Å². The van der Waals surface area contributed by atoms with Gasteiger partial charge in [-0.2, -0.15) is 13.9 Å². The molecule has 1 aromatic carbocycles. The van der Waals surface area contributed by atoms with Gasteiger partial charge in [0.15, 0.2) is 0 Å². The van der Waals surface area contributed by atoms with E-state index in [0.717, 1.165) is 12.8 Å². The second kappa shape index (κ2) is 6.23. The summed E-state index contributed by atoms with van der Waals surface area (Å²) in [5, 5.41) is 6.85. The van der Waals surface area contributed by atoms with E-state index in [1.807, 2.05) is 0 Å². The van der Waals surface area contributed by atoms with Crippen LogP contribution >= 0.6 is 0 Å². The van der Waals surface area contributed by atoms with Gasteiger partial charge in [0.1, 0.15) is 17.0 Å². The Kier molecular flexibility index (Phi) is 3.76. The quantitative estimate of drug-likeness (QED) is 0.483. The molecule has 0 atom stereocenters. The lowest BCUT2D eigenvalue weighted by molar-refractivity contribution is -0.0517. The third-order valence-electron chi connectivity index (χ3n) is 5.05. The lowest BCUT2D eigenvalue weighted by Crippen LogP contribution is -2.15. The Bertz CT molecular complexity index is 1330. The lowest BCUT2D eigenvalue weighted by atomic mass is 9.96. The number of rotatable bonds is 4. The normalized spacial score (nSPS) is 14.2. The topological polar surface area (TPSA) is 110 Å². The van der Waals surface area contributed by atoms with Gasteiger partial charge in [0.25, 0.3) is 5.56 Å². The third kappa shape index (κ3) is 2.79. The van der Waals surface area contributed by atoms with E-state index < -0.39 is 18.0 Å². The summed E-state index contributed by atoms with van der Waals surface area (Å²) < 4.78 is 45.1. The molecule has 0 aliphatic heterocycles. The number of nitrogens with one attached hydrogen (secondary N) is 2. The molecule has 0 saturated heterocycles. The predicted octanol–water partition coefficient (Wildman–Crippen LogP) is 3.67. The SMILES string of the molecule is Nc1c(-c2ccc(F)c3[nH]ncc23)c2c(OC(F)F)nc(C3CC3)cc2[nH]c1=O. The largest absolute Gasteiger partial charge is 0.416 e. The van der Waals surface area contributed by atoms with Gasteiger partial charge in [0, 0.05) is 22.6 Å². The molecule has 1 fully saturated rings. The highest BCUT2D eigenvalue weighted by Gasteiger charge is 2.29. The Morgan fingerprint density at radius 3 is 2.79 bits per heavy atom. The van der Waals surface area contributed by atoms with Crippen LogP contribution in [0.5, 0.6) is 5.88 Å². The van der Waals surface area contributed by atoms with E-state index in [-0.39, 0.29) is 39.5 Å². The minimum absolute atomic E-state index is 0.106. The maximum atomic E-state index is 14.1. The van der Waals surface area contributed by atoms with E-state index in [4.69, 9.17) is 10.5 Å². The first-order valence-electron chi connectivity index (χ1n) is 8.87. The number of benzene rings is 1. The Morgan fingerprint density at radius 2 is 2.07 bits per heavy atom. The first-order valence-corrected chi connectivity index (χ1v) is 8.87. The van der Waals surface area contributed by atoms with Crippen molar-refractivity contribution in [3.63, 3.8) is 0 Å². The second-order valence-electron chi connectivity index (χ2n) is 6.92. The van der Waals surface area contributed by atoms with Crippen molar-refractivity contribution in [1.29, 1.82) is 0 Å². The summed E-state index contributed by atoms with van der Waals surface area (Å²) in [6, 6.07) is 4.24. The van der Waals surface area contributed by atoms with Crippen LogP contribution in [0.2, 0.25) is 0 Å². The molecular weight excluding hydrogens is 387 g/mol. The molecule has 1 aliphatic carbocycles. The van der Waals surface area contributed by atoms with E-state index in [0.29, 0.717) is 16.6 Å². The summed E-state index contributed by atoms with van der Waals surface area (Å²) in [6.45, 7) is -3.12. The van der Waals surface area contributed by atoms with Gasteiger partial charge in [-0.3, -0.25) is 9.89 Å². The average molecular weight is 401 g/mol. The lowest BCUT2D eigenvalue weighted by Gasteiger charge is -2.15. The fourth-order valence-corrected chi connectivity index (χ4v) is 3.58. The number of aromatic amines is 2. The van der Waals surface area contributed by atoms with Crippen LogP contribution < -0.4 is 16.0 Å². The molecule has 4 N–H and O–H groups in total. The molecule has 0 unspecified atom stereocenters. The minimum Gasteiger partial charge on any atom is -0.416 e. The Labute approximate surface area is 160 Å². The minimum atomic E-state index is -3.12. The summed E-state index contributed by atoms with van der Waals surface area (Å²) in [4.78, 5) is 19.4. The molecule has 3 aromatic heterocycles. The van der Waals surface area contributed by atoms with Crippen LogP contribution in [0.25, 0.3) is 32.9 Å². The maximum absolute atomic E-state index is 14.1. The van der Waals surface area contributed by atoms with E-state index in [1.54, 1.807) is 6.07 Å². The zero-order valence-electron chi connectivity index (χ0n) is 14.8. The number of nitrogens with zero attached hydrogens (tertiary/aromatic N) is 2. The van der Waals surface area contributed by atoms with Crippen molar-refractivity contribution in [3.8, 4) is 17.0 Å². The van der Waals surface area contributed by atoms with Crippen molar-refractivity contribution in [3.05, 3.63) is 46.3 Å². The van der Waals surface area contributed by atoms with Gasteiger partial charge in [-0.15, -0.1) is 0 Å². The van der Waals surface area contributed by atoms with Gasteiger partial charge in [0.05, 0.1) is 17.1 Å². The van der Waals surface area contributed by atoms with Gasteiger partial charge in [0.2, 0.25) is 5.88 Å². The number of hydrogen-bond acceptors (Lipinski definition) is 5. The summed E-state index contributed by atoms with van der Waals surface area (Å²) in [6.07, 6.45) is 3.14. The van der Waals surface area contributed by atoms with Crippen LogP contribution in [0.3, 0.4) is 0 Å². The van der Waals surface area contributed by atoms with Crippen LogP contribution in [0, 0.1) is 5.82 Å². The molecule has 0 amide bonds.